The average molecular weight is 267 g/mol. The Balaban J connectivity index is 1.81. The molecule has 0 atom stereocenters. The van der Waals surface area contributed by atoms with Crippen LogP contribution < -0.4 is 0 Å². The first-order valence-corrected chi connectivity index (χ1v) is 7.60. The first-order chi connectivity index (χ1) is 8.88. The zero-order valence-electron chi connectivity index (χ0n) is 13.0. The zero-order chi connectivity index (χ0) is 14.0. The number of piperidine rings is 1. The average Bonchev–Trinajstić information content (AvgIpc) is 2.38. The Bertz CT molecular complexity index is 308. The summed E-state index contributed by atoms with van der Waals surface area (Å²) in [4.78, 5) is 19.3. The highest BCUT2D eigenvalue weighted by Crippen LogP contribution is 2.23. The van der Waals surface area contributed by atoms with Crippen LogP contribution in [0.3, 0.4) is 0 Å². The van der Waals surface area contributed by atoms with Crippen LogP contribution in [0.25, 0.3) is 0 Å². The Hall–Kier alpha value is -0.610. The van der Waals surface area contributed by atoms with Gasteiger partial charge >= 0.3 is 0 Å². The minimum Gasteiger partial charge on any atom is -0.342 e. The van der Waals surface area contributed by atoms with Crippen LogP contribution in [0.1, 0.15) is 33.6 Å². The summed E-state index contributed by atoms with van der Waals surface area (Å²) in [5.41, 5.74) is -0.235. The lowest BCUT2D eigenvalue weighted by Gasteiger charge is -2.43. The van der Waals surface area contributed by atoms with Gasteiger partial charge in [-0.3, -0.25) is 9.69 Å². The molecule has 0 radical (unpaired) electrons. The standard InChI is InChI=1S/C15H29N3O/c1-15(2,3)14(19)18-7-5-13(6-8-18)17-11-9-16(4)10-12-17/h13H,5-12H2,1-4H3. The number of nitrogens with zero attached hydrogens (tertiary/aromatic N) is 3. The number of piperazine rings is 1. The molecule has 0 unspecified atom stereocenters. The Morgan fingerprint density at radius 2 is 1.47 bits per heavy atom. The molecule has 0 aliphatic carbocycles. The van der Waals surface area contributed by atoms with Crippen LogP contribution in [0.15, 0.2) is 0 Å². The fraction of sp³-hybridized carbons (Fsp3) is 0.933. The summed E-state index contributed by atoms with van der Waals surface area (Å²) in [6.45, 7) is 12.7. The molecule has 19 heavy (non-hydrogen) atoms. The number of hydrogen-bond donors (Lipinski definition) is 0. The van der Waals surface area contributed by atoms with Gasteiger partial charge in [-0.25, -0.2) is 0 Å². The van der Waals surface area contributed by atoms with Crippen LogP contribution in [-0.4, -0.2) is 73.0 Å². The highest BCUT2D eigenvalue weighted by Gasteiger charge is 2.32. The number of likely N-dealkylation sites (tertiary alicyclic amines) is 1. The van der Waals surface area contributed by atoms with Gasteiger partial charge < -0.3 is 9.80 Å². The van der Waals surface area contributed by atoms with Gasteiger partial charge in [-0.1, -0.05) is 20.8 Å². The lowest BCUT2D eigenvalue weighted by atomic mass is 9.92. The van der Waals surface area contributed by atoms with E-state index >= 15 is 0 Å². The minimum absolute atomic E-state index is 0.235. The van der Waals surface area contributed by atoms with Crippen molar-refractivity contribution in [2.45, 2.75) is 39.7 Å². The third-order valence-electron chi connectivity index (χ3n) is 4.45. The predicted octanol–water partition coefficient (Wildman–Crippen LogP) is 1.27. The molecule has 1 amide bonds. The van der Waals surface area contributed by atoms with Gasteiger partial charge in [0.1, 0.15) is 0 Å². The number of carbonyl (C=O) groups is 1. The largest absolute Gasteiger partial charge is 0.342 e. The zero-order valence-corrected chi connectivity index (χ0v) is 13.0. The Labute approximate surface area is 117 Å². The molecule has 2 rings (SSSR count). The second-order valence-corrected chi connectivity index (χ2v) is 7.11. The van der Waals surface area contributed by atoms with E-state index in [-0.39, 0.29) is 5.41 Å². The van der Waals surface area contributed by atoms with E-state index in [9.17, 15) is 4.79 Å². The smallest absolute Gasteiger partial charge is 0.227 e. The van der Waals surface area contributed by atoms with E-state index in [1.807, 2.05) is 20.8 Å². The highest BCUT2D eigenvalue weighted by atomic mass is 16.2. The van der Waals surface area contributed by atoms with Crippen molar-refractivity contribution in [1.82, 2.24) is 14.7 Å². The van der Waals surface area contributed by atoms with E-state index in [1.165, 1.54) is 26.2 Å². The van der Waals surface area contributed by atoms with Crippen molar-refractivity contribution in [3.05, 3.63) is 0 Å². The molecule has 0 aromatic carbocycles. The summed E-state index contributed by atoms with van der Waals surface area (Å²) in [5, 5.41) is 0. The molecular weight excluding hydrogens is 238 g/mol. The second-order valence-electron chi connectivity index (χ2n) is 7.11. The summed E-state index contributed by atoms with van der Waals surface area (Å²) >= 11 is 0. The molecule has 2 saturated heterocycles. The van der Waals surface area contributed by atoms with Crippen molar-refractivity contribution in [1.29, 1.82) is 0 Å². The monoisotopic (exact) mass is 267 g/mol. The molecule has 0 aromatic rings. The van der Waals surface area contributed by atoms with E-state index in [0.717, 1.165) is 25.9 Å². The predicted molar refractivity (Wildman–Crippen MR) is 78.1 cm³/mol. The molecule has 0 spiro atoms. The lowest BCUT2D eigenvalue weighted by Crippen LogP contribution is -2.53. The normalized spacial score (nSPS) is 24.7. The van der Waals surface area contributed by atoms with E-state index in [2.05, 4.69) is 21.7 Å². The minimum atomic E-state index is -0.235. The van der Waals surface area contributed by atoms with Gasteiger partial charge in [0.25, 0.3) is 0 Å². The second kappa shape index (κ2) is 5.80. The molecule has 0 aromatic heterocycles. The molecule has 0 N–H and O–H groups in total. The number of carbonyl (C=O) groups excluding carboxylic acids is 1. The summed E-state index contributed by atoms with van der Waals surface area (Å²) in [6.07, 6.45) is 2.29. The summed E-state index contributed by atoms with van der Waals surface area (Å²) < 4.78 is 0. The van der Waals surface area contributed by atoms with Crippen LogP contribution in [0.5, 0.6) is 0 Å². The third-order valence-corrected chi connectivity index (χ3v) is 4.45. The number of amides is 1. The molecule has 2 fully saturated rings. The van der Waals surface area contributed by atoms with E-state index < -0.39 is 0 Å². The number of hydrogen-bond acceptors (Lipinski definition) is 3. The molecule has 2 aliphatic heterocycles. The molecule has 2 heterocycles. The van der Waals surface area contributed by atoms with Crippen molar-refractivity contribution < 1.29 is 4.79 Å². The van der Waals surface area contributed by atoms with E-state index in [1.54, 1.807) is 0 Å². The van der Waals surface area contributed by atoms with Crippen LogP contribution in [-0.2, 0) is 4.79 Å². The molecular formula is C15H29N3O. The van der Waals surface area contributed by atoms with Crippen molar-refractivity contribution in [3.63, 3.8) is 0 Å². The SMILES string of the molecule is CN1CCN(C2CCN(C(=O)C(C)(C)C)CC2)CC1. The molecule has 2 aliphatic rings. The Morgan fingerprint density at radius 1 is 0.947 bits per heavy atom. The van der Waals surface area contributed by atoms with Crippen LogP contribution in [0.4, 0.5) is 0 Å². The van der Waals surface area contributed by atoms with Gasteiger partial charge in [-0.15, -0.1) is 0 Å². The molecule has 0 saturated carbocycles. The topological polar surface area (TPSA) is 26.8 Å². The Morgan fingerprint density at radius 3 is 1.95 bits per heavy atom. The summed E-state index contributed by atoms with van der Waals surface area (Å²) in [6, 6.07) is 0.692. The molecule has 4 nitrogen and oxygen atoms in total. The van der Waals surface area contributed by atoms with Crippen LogP contribution in [0.2, 0.25) is 0 Å². The summed E-state index contributed by atoms with van der Waals surface area (Å²) in [7, 11) is 2.20. The lowest BCUT2D eigenvalue weighted by molar-refractivity contribution is -0.141. The van der Waals surface area contributed by atoms with Crippen molar-refractivity contribution in [2.75, 3.05) is 46.3 Å². The van der Waals surface area contributed by atoms with Crippen molar-refractivity contribution in [2.24, 2.45) is 5.41 Å². The maximum absolute atomic E-state index is 12.3. The number of likely N-dealkylation sites (N-methyl/N-ethyl adjacent to an activating group) is 1. The first kappa shape index (κ1) is 14.8. The number of rotatable bonds is 1. The maximum Gasteiger partial charge on any atom is 0.227 e. The van der Waals surface area contributed by atoms with Gasteiger partial charge in [0.05, 0.1) is 0 Å². The van der Waals surface area contributed by atoms with Crippen LogP contribution in [0, 0.1) is 5.41 Å². The van der Waals surface area contributed by atoms with Crippen molar-refractivity contribution in [3.8, 4) is 0 Å². The fourth-order valence-corrected chi connectivity index (χ4v) is 3.10. The van der Waals surface area contributed by atoms with Crippen molar-refractivity contribution >= 4 is 5.91 Å². The molecule has 4 heteroatoms. The van der Waals surface area contributed by atoms with Gasteiger partial charge in [0.15, 0.2) is 0 Å². The quantitative estimate of drug-likeness (QED) is 0.716. The van der Waals surface area contributed by atoms with E-state index in [0.29, 0.717) is 11.9 Å². The highest BCUT2D eigenvalue weighted by molar-refractivity contribution is 5.81. The van der Waals surface area contributed by atoms with E-state index in [4.69, 9.17) is 0 Å². The maximum atomic E-state index is 12.3. The van der Waals surface area contributed by atoms with Gasteiger partial charge in [-0.2, -0.15) is 0 Å². The van der Waals surface area contributed by atoms with Gasteiger partial charge in [-0.05, 0) is 19.9 Å². The van der Waals surface area contributed by atoms with Gasteiger partial charge in [0, 0.05) is 50.7 Å². The summed E-state index contributed by atoms with van der Waals surface area (Å²) in [5.74, 6) is 0.310. The van der Waals surface area contributed by atoms with Crippen LogP contribution >= 0.6 is 0 Å². The third kappa shape index (κ3) is 3.69. The Kier molecular flexibility index (Phi) is 4.51. The first-order valence-electron chi connectivity index (χ1n) is 7.60. The molecule has 110 valence electrons. The van der Waals surface area contributed by atoms with Gasteiger partial charge in [0.2, 0.25) is 5.91 Å². The molecule has 0 bridgehead atoms. The fourth-order valence-electron chi connectivity index (χ4n) is 3.10.